The molecule has 0 aliphatic rings. The Morgan fingerprint density at radius 1 is 1.19 bits per heavy atom. The number of anilines is 1. The molecule has 3 N–H and O–H groups in total. The number of imidazole rings is 1. The second kappa shape index (κ2) is 6.30. The van der Waals surface area contributed by atoms with E-state index in [0.29, 0.717) is 28.1 Å². The molecule has 8 heteroatoms. The highest BCUT2D eigenvalue weighted by Crippen LogP contribution is 2.31. The van der Waals surface area contributed by atoms with Gasteiger partial charge in [0.2, 0.25) is 0 Å². The van der Waals surface area contributed by atoms with Crippen LogP contribution < -0.4 is 10.9 Å². The van der Waals surface area contributed by atoms with Gasteiger partial charge in [-0.05, 0) is 30.4 Å². The Morgan fingerprint density at radius 2 is 1.96 bits per heavy atom. The van der Waals surface area contributed by atoms with Crippen LogP contribution >= 0.6 is 0 Å². The number of pyridine rings is 1. The zero-order valence-electron chi connectivity index (χ0n) is 15.8. The van der Waals surface area contributed by atoms with Crippen LogP contribution in [0.1, 0.15) is 19.4 Å². The molecule has 4 rings (SSSR count). The fourth-order valence-electron chi connectivity index (χ4n) is 3.18. The molecule has 27 heavy (non-hydrogen) atoms. The lowest BCUT2D eigenvalue weighted by atomic mass is 9.85. The number of H-pyrrole nitrogens is 2. The lowest BCUT2D eigenvalue weighted by Gasteiger charge is -2.21. The quantitative estimate of drug-likeness (QED) is 0.488. The van der Waals surface area contributed by atoms with E-state index in [1.807, 2.05) is 46.0 Å². The molecule has 0 spiro atoms. The number of fused-ring (bicyclic) bond motifs is 2. The van der Waals surface area contributed by atoms with Gasteiger partial charge in [-0.25, -0.2) is 4.98 Å². The highest BCUT2D eigenvalue weighted by atomic mass is 16.1. The van der Waals surface area contributed by atoms with Crippen molar-refractivity contribution in [2.75, 3.05) is 5.32 Å². The lowest BCUT2D eigenvalue weighted by Crippen LogP contribution is -2.27. The number of aromatic amines is 2. The van der Waals surface area contributed by atoms with Gasteiger partial charge in [-0.15, -0.1) is 0 Å². The molecule has 0 aliphatic heterocycles. The molecule has 1 atom stereocenters. The van der Waals surface area contributed by atoms with Gasteiger partial charge in [0, 0.05) is 13.2 Å². The fourth-order valence-corrected chi connectivity index (χ4v) is 3.18. The van der Waals surface area contributed by atoms with E-state index in [9.17, 15) is 4.79 Å². The SMILES string of the molecule is [B]C(Nc1c(-c2nc3c(C)cccc3[nH]2)c(=O)[nH]c2cn(C)nc12)C(C)C. The maximum Gasteiger partial charge on any atom is 0.261 e. The number of aromatic nitrogens is 5. The third kappa shape index (κ3) is 2.91. The molecule has 3 heterocycles. The third-order valence-electron chi connectivity index (χ3n) is 4.77. The first-order valence-corrected chi connectivity index (χ1v) is 8.92. The Hall–Kier alpha value is -3.03. The van der Waals surface area contributed by atoms with Crippen LogP contribution in [0.5, 0.6) is 0 Å². The topological polar surface area (TPSA) is 91.4 Å². The Balaban J connectivity index is 2.01. The van der Waals surface area contributed by atoms with Gasteiger partial charge in [-0.1, -0.05) is 26.0 Å². The van der Waals surface area contributed by atoms with Crippen LogP contribution in [0.3, 0.4) is 0 Å². The van der Waals surface area contributed by atoms with Crippen molar-refractivity contribution in [3.63, 3.8) is 0 Å². The number of nitrogens with one attached hydrogen (secondary N) is 3. The molecule has 4 aromatic rings. The summed E-state index contributed by atoms with van der Waals surface area (Å²) in [5.74, 6) is 0.335. The van der Waals surface area contributed by atoms with Crippen LogP contribution in [0.15, 0.2) is 29.2 Å². The predicted octanol–water partition coefficient (Wildman–Crippen LogP) is 2.68. The van der Waals surface area contributed by atoms with Gasteiger partial charge >= 0.3 is 0 Å². The summed E-state index contributed by atoms with van der Waals surface area (Å²) >= 11 is 0. The molecule has 0 amide bonds. The second-order valence-corrected chi connectivity index (χ2v) is 7.24. The van der Waals surface area contributed by atoms with Crippen molar-refractivity contribution in [3.8, 4) is 11.4 Å². The Morgan fingerprint density at radius 3 is 2.67 bits per heavy atom. The highest BCUT2D eigenvalue weighted by molar-refractivity contribution is 6.14. The van der Waals surface area contributed by atoms with E-state index in [1.54, 1.807) is 10.9 Å². The van der Waals surface area contributed by atoms with Crippen LogP contribution in [0.2, 0.25) is 0 Å². The molecule has 2 radical (unpaired) electrons. The Labute approximate surface area is 157 Å². The van der Waals surface area contributed by atoms with Crippen molar-refractivity contribution in [2.24, 2.45) is 13.0 Å². The minimum absolute atomic E-state index is 0.175. The summed E-state index contributed by atoms with van der Waals surface area (Å²) in [5.41, 5.74) is 4.82. The number of aryl methyl sites for hydroxylation is 2. The van der Waals surface area contributed by atoms with Crippen molar-refractivity contribution in [1.82, 2.24) is 24.7 Å². The minimum atomic E-state index is -0.332. The van der Waals surface area contributed by atoms with E-state index in [1.165, 1.54) is 0 Å². The summed E-state index contributed by atoms with van der Waals surface area (Å²) in [7, 11) is 8.07. The van der Waals surface area contributed by atoms with E-state index < -0.39 is 0 Å². The Bertz CT molecular complexity index is 1200. The normalized spacial score (nSPS) is 12.9. The zero-order valence-corrected chi connectivity index (χ0v) is 15.8. The molecule has 136 valence electrons. The average Bonchev–Trinajstić information content (AvgIpc) is 3.18. The van der Waals surface area contributed by atoms with E-state index >= 15 is 0 Å². The molecular formula is C19H21BN6O. The number of hydrogen-bond acceptors (Lipinski definition) is 4. The zero-order chi connectivity index (χ0) is 19.3. The van der Waals surface area contributed by atoms with E-state index in [0.717, 1.165) is 16.6 Å². The van der Waals surface area contributed by atoms with Gasteiger partial charge in [-0.3, -0.25) is 9.48 Å². The molecular weight excluding hydrogens is 339 g/mol. The van der Waals surface area contributed by atoms with E-state index in [2.05, 4.69) is 25.4 Å². The van der Waals surface area contributed by atoms with Gasteiger partial charge in [0.1, 0.15) is 16.9 Å². The van der Waals surface area contributed by atoms with Crippen molar-refractivity contribution in [1.29, 1.82) is 0 Å². The van der Waals surface area contributed by atoms with Gasteiger partial charge < -0.3 is 15.3 Å². The molecule has 0 bridgehead atoms. The lowest BCUT2D eigenvalue weighted by molar-refractivity contribution is 0.643. The van der Waals surface area contributed by atoms with Crippen molar-refractivity contribution in [2.45, 2.75) is 26.7 Å². The number of benzene rings is 1. The summed E-state index contributed by atoms with van der Waals surface area (Å²) in [6.45, 7) is 6.03. The largest absolute Gasteiger partial charge is 0.388 e. The van der Waals surface area contributed by atoms with Crippen LogP contribution in [0.4, 0.5) is 5.69 Å². The maximum atomic E-state index is 12.9. The first kappa shape index (κ1) is 17.4. The summed E-state index contributed by atoms with van der Waals surface area (Å²) in [6.07, 6.45) is 1.77. The molecule has 0 aliphatic carbocycles. The number of rotatable bonds is 4. The summed E-state index contributed by atoms with van der Waals surface area (Å²) in [4.78, 5) is 23.8. The number of hydrogen-bond donors (Lipinski definition) is 3. The van der Waals surface area contributed by atoms with Crippen LogP contribution in [0.25, 0.3) is 33.5 Å². The fraction of sp³-hybridized carbons (Fsp3) is 0.316. The van der Waals surface area contributed by atoms with E-state index in [-0.39, 0.29) is 17.4 Å². The predicted molar refractivity (Wildman–Crippen MR) is 109 cm³/mol. The molecule has 0 fully saturated rings. The van der Waals surface area contributed by atoms with Crippen LogP contribution in [-0.4, -0.2) is 38.5 Å². The first-order valence-electron chi connectivity index (χ1n) is 8.92. The third-order valence-corrected chi connectivity index (χ3v) is 4.77. The first-order chi connectivity index (χ1) is 12.8. The molecule has 0 saturated carbocycles. The van der Waals surface area contributed by atoms with Crippen LogP contribution in [0, 0.1) is 12.8 Å². The van der Waals surface area contributed by atoms with Gasteiger partial charge in [-0.2, -0.15) is 5.10 Å². The van der Waals surface area contributed by atoms with Crippen molar-refractivity contribution >= 4 is 35.6 Å². The second-order valence-electron chi connectivity index (χ2n) is 7.24. The molecule has 0 saturated heterocycles. The van der Waals surface area contributed by atoms with Gasteiger partial charge in [0.05, 0.1) is 30.1 Å². The molecule has 1 aromatic carbocycles. The van der Waals surface area contributed by atoms with Gasteiger partial charge in [0.25, 0.3) is 5.56 Å². The average molecular weight is 360 g/mol. The number of nitrogens with zero attached hydrogens (tertiary/aromatic N) is 3. The standard InChI is InChI=1S/C19H21BN6O/c1-9(2)17(20)23-16-13(19(27)22-12-8-26(4)25-15(12)16)18-21-11-7-5-6-10(3)14(11)24-18/h5-9,17,23H,1-4H3,(H,21,24)(H,22,27). The van der Waals surface area contributed by atoms with Crippen molar-refractivity contribution < 1.29 is 0 Å². The Kier molecular flexibility index (Phi) is 4.06. The highest BCUT2D eigenvalue weighted by Gasteiger charge is 2.22. The summed E-state index contributed by atoms with van der Waals surface area (Å²) < 4.78 is 1.67. The van der Waals surface area contributed by atoms with Crippen molar-refractivity contribution in [3.05, 3.63) is 40.3 Å². The number of para-hydroxylation sites is 1. The summed E-state index contributed by atoms with van der Waals surface area (Å²) in [6, 6.07) is 5.89. The maximum absolute atomic E-state index is 12.9. The van der Waals surface area contributed by atoms with E-state index in [4.69, 9.17) is 7.85 Å². The summed E-state index contributed by atoms with van der Waals surface area (Å²) in [5, 5.41) is 7.80. The molecule has 3 aromatic heterocycles. The monoisotopic (exact) mass is 360 g/mol. The van der Waals surface area contributed by atoms with Gasteiger partial charge in [0.15, 0.2) is 0 Å². The minimum Gasteiger partial charge on any atom is -0.388 e. The van der Waals surface area contributed by atoms with Crippen LogP contribution in [-0.2, 0) is 7.05 Å². The smallest absolute Gasteiger partial charge is 0.261 e. The molecule has 1 unspecified atom stereocenters. The molecule has 7 nitrogen and oxygen atoms in total.